The molecule has 29 heavy (non-hydrogen) atoms. The molecule has 0 aliphatic heterocycles. The lowest BCUT2D eigenvalue weighted by molar-refractivity contribution is -0.137. The Hall–Kier alpha value is -2.52. The van der Waals surface area contributed by atoms with E-state index in [-0.39, 0.29) is 10.8 Å². The third-order valence-electron chi connectivity index (χ3n) is 4.02. The molecule has 0 atom stereocenters. The number of nitrogens with zero attached hydrogens (tertiary/aromatic N) is 2. The molecule has 10 heteroatoms. The molecule has 0 fully saturated rings. The Morgan fingerprint density at radius 1 is 1.21 bits per heavy atom. The number of anilines is 1. The maximum absolute atomic E-state index is 13.1. The highest BCUT2D eigenvalue weighted by molar-refractivity contribution is 7.99. The van der Waals surface area contributed by atoms with Gasteiger partial charge < -0.3 is 5.32 Å². The number of carbonyl (C=O) groups excluding carboxylic acids is 1. The molecule has 0 saturated carbocycles. The number of para-hydroxylation sites is 1. The molecular formula is C19H16ClF3N4OS. The highest BCUT2D eigenvalue weighted by atomic mass is 35.5. The highest BCUT2D eigenvalue weighted by Crippen LogP contribution is 2.38. The van der Waals surface area contributed by atoms with Crippen LogP contribution in [0.25, 0.3) is 11.4 Å². The van der Waals surface area contributed by atoms with E-state index in [4.69, 9.17) is 11.6 Å². The molecule has 1 amide bonds. The fraction of sp³-hybridized carbons (Fsp3) is 0.211. The summed E-state index contributed by atoms with van der Waals surface area (Å²) in [6, 6.07) is 11.1. The van der Waals surface area contributed by atoms with Gasteiger partial charge in [-0.15, -0.1) is 5.10 Å². The third kappa shape index (κ3) is 5.30. The van der Waals surface area contributed by atoms with Gasteiger partial charge in [-0.1, -0.05) is 60.6 Å². The van der Waals surface area contributed by atoms with Gasteiger partial charge >= 0.3 is 6.18 Å². The van der Waals surface area contributed by atoms with Crippen LogP contribution in [-0.4, -0.2) is 26.8 Å². The minimum Gasteiger partial charge on any atom is -0.324 e. The van der Waals surface area contributed by atoms with Crippen molar-refractivity contribution in [1.29, 1.82) is 0 Å². The van der Waals surface area contributed by atoms with Crippen molar-refractivity contribution in [3.63, 3.8) is 0 Å². The zero-order valence-electron chi connectivity index (χ0n) is 15.2. The first-order valence-electron chi connectivity index (χ1n) is 8.58. The summed E-state index contributed by atoms with van der Waals surface area (Å²) in [6.07, 6.45) is -3.71. The summed E-state index contributed by atoms with van der Waals surface area (Å²) in [5, 5.41) is 9.17. The van der Waals surface area contributed by atoms with Gasteiger partial charge in [0.15, 0.2) is 5.82 Å². The van der Waals surface area contributed by atoms with Crippen molar-refractivity contribution in [2.45, 2.75) is 24.7 Å². The first kappa shape index (κ1) is 21.2. The lowest BCUT2D eigenvalue weighted by atomic mass is 10.1. The van der Waals surface area contributed by atoms with Crippen LogP contribution in [0.15, 0.2) is 47.6 Å². The molecule has 0 spiro atoms. The summed E-state index contributed by atoms with van der Waals surface area (Å²) >= 11 is 6.84. The minimum atomic E-state index is -4.63. The van der Waals surface area contributed by atoms with Gasteiger partial charge in [0.25, 0.3) is 0 Å². The molecule has 0 saturated heterocycles. The Kier molecular flexibility index (Phi) is 6.49. The average molecular weight is 441 g/mol. The van der Waals surface area contributed by atoms with Gasteiger partial charge in [0.1, 0.15) is 0 Å². The van der Waals surface area contributed by atoms with E-state index >= 15 is 0 Å². The summed E-state index contributed by atoms with van der Waals surface area (Å²) in [5.41, 5.74) is 0.576. The van der Waals surface area contributed by atoms with E-state index in [1.54, 1.807) is 0 Å². The van der Waals surface area contributed by atoms with Crippen LogP contribution in [0.5, 0.6) is 0 Å². The molecule has 3 rings (SSSR count). The van der Waals surface area contributed by atoms with Gasteiger partial charge in [0.2, 0.25) is 11.1 Å². The van der Waals surface area contributed by atoms with E-state index in [2.05, 4.69) is 27.4 Å². The van der Waals surface area contributed by atoms with Gasteiger partial charge in [-0.3, -0.25) is 9.89 Å². The topological polar surface area (TPSA) is 70.7 Å². The molecule has 2 aromatic carbocycles. The molecule has 152 valence electrons. The Morgan fingerprint density at radius 2 is 1.93 bits per heavy atom. The maximum Gasteiger partial charge on any atom is 0.418 e. The normalized spacial score (nSPS) is 11.5. The summed E-state index contributed by atoms with van der Waals surface area (Å²) in [6.45, 7) is 2.06. The maximum atomic E-state index is 13.1. The lowest BCUT2D eigenvalue weighted by Crippen LogP contribution is -2.18. The SMILES string of the molecule is CCc1ccc(-c2nc(SCC(=O)Nc3c(Cl)cccc3C(F)(F)F)n[nH]2)cc1. The first-order valence-corrected chi connectivity index (χ1v) is 9.94. The second-order valence-corrected chi connectivity index (χ2v) is 7.36. The predicted octanol–water partition coefficient (Wildman–Crippen LogP) is 5.44. The van der Waals surface area contributed by atoms with Gasteiger partial charge in [-0.2, -0.15) is 13.2 Å². The van der Waals surface area contributed by atoms with E-state index in [1.165, 1.54) is 17.7 Å². The molecule has 0 radical (unpaired) electrons. The number of benzene rings is 2. The molecule has 2 N–H and O–H groups in total. The molecule has 0 aliphatic carbocycles. The number of aromatic nitrogens is 3. The fourth-order valence-corrected chi connectivity index (χ4v) is 3.35. The number of hydrogen-bond acceptors (Lipinski definition) is 4. The van der Waals surface area contributed by atoms with Crippen LogP contribution in [0.4, 0.5) is 18.9 Å². The second kappa shape index (κ2) is 8.87. The number of thioether (sulfide) groups is 1. The van der Waals surface area contributed by atoms with Crippen LogP contribution in [0, 0.1) is 0 Å². The zero-order chi connectivity index (χ0) is 21.0. The van der Waals surface area contributed by atoms with E-state index in [0.29, 0.717) is 11.0 Å². The Bertz CT molecular complexity index is 1010. The Labute approximate surface area is 174 Å². The van der Waals surface area contributed by atoms with Crippen molar-refractivity contribution in [2.24, 2.45) is 0 Å². The van der Waals surface area contributed by atoms with Crippen molar-refractivity contribution < 1.29 is 18.0 Å². The molecule has 1 aromatic heterocycles. The number of hydrogen-bond donors (Lipinski definition) is 2. The number of amides is 1. The average Bonchev–Trinajstić information content (AvgIpc) is 3.16. The second-order valence-electron chi connectivity index (χ2n) is 6.01. The number of halogens is 4. The summed E-state index contributed by atoms with van der Waals surface area (Å²) < 4.78 is 39.3. The molecule has 0 bridgehead atoms. The number of H-pyrrole nitrogens is 1. The molecule has 3 aromatic rings. The van der Waals surface area contributed by atoms with E-state index in [9.17, 15) is 18.0 Å². The largest absolute Gasteiger partial charge is 0.418 e. The standard InChI is InChI=1S/C19H16ClF3N4OS/c1-2-11-6-8-12(9-7-11)17-25-18(27-26-17)29-10-15(28)24-16-13(19(21,22)23)4-3-5-14(16)20/h3-9H,2,10H2,1H3,(H,24,28)(H,25,26,27). The minimum absolute atomic E-state index is 0.172. The van der Waals surface area contributed by atoms with Crippen molar-refractivity contribution in [3.8, 4) is 11.4 Å². The molecule has 0 aliphatic rings. The summed E-state index contributed by atoms with van der Waals surface area (Å²) in [7, 11) is 0. The smallest absolute Gasteiger partial charge is 0.324 e. The number of carbonyl (C=O) groups is 1. The quantitative estimate of drug-likeness (QED) is 0.501. The number of aromatic amines is 1. The zero-order valence-corrected chi connectivity index (χ0v) is 16.8. The van der Waals surface area contributed by atoms with Crippen LogP contribution in [0.3, 0.4) is 0 Å². The fourth-order valence-electron chi connectivity index (χ4n) is 2.53. The predicted molar refractivity (Wildman–Crippen MR) is 107 cm³/mol. The van der Waals surface area contributed by atoms with Crippen LogP contribution in [0.2, 0.25) is 5.02 Å². The summed E-state index contributed by atoms with van der Waals surface area (Å²) in [5.74, 6) is -0.275. The van der Waals surface area contributed by atoms with E-state index in [0.717, 1.165) is 29.8 Å². The molecule has 0 unspecified atom stereocenters. The molecule has 5 nitrogen and oxygen atoms in total. The third-order valence-corrected chi connectivity index (χ3v) is 5.18. The van der Waals surface area contributed by atoms with Crippen LogP contribution < -0.4 is 5.32 Å². The number of rotatable bonds is 6. The number of aryl methyl sites for hydroxylation is 1. The van der Waals surface area contributed by atoms with Gasteiger partial charge in [-0.25, -0.2) is 4.98 Å². The number of nitrogens with one attached hydrogen (secondary N) is 2. The summed E-state index contributed by atoms with van der Waals surface area (Å²) in [4.78, 5) is 16.4. The van der Waals surface area contributed by atoms with Crippen molar-refractivity contribution >= 4 is 35.0 Å². The van der Waals surface area contributed by atoms with Gasteiger partial charge in [0, 0.05) is 5.56 Å². The van der Waals surface area contributed by atoms with E-state index in [1.807, 2.05) is 24.3 Å². The lowest BCUT2D eigenvalue weighted by Gasteiger charge is -2.14. The van der Waals surface area contributed by atoms with Crippen molar-refractivity contribution in [1.82, 2.24) is 15.2 Å². The Balaban J connectivity index is 1.64. The van der Waals surface area contributed by atoms with Gasteiger partial charge in [-0.05, 0) is 24.1 Å². The molecule has 1 heterocycles. The van der Waals surface area contributed by atoms with Gasteiger partial charge in [0.05, 0.1) is 22.0 Å². The highest BCUT2D eigenvalue weighted by Gasteiger charge is 2.34. The number of alkyl halides is 3. The first-order chi connectivity index (χ1) is 13.8. The van der Waals surface area contributed by atoms with Crippen LogP contribution >= 0.6 is 23.4 Å². The van der Waals surface area contributed by atoms with Crippen molar-refractivity contribution in [2.75, 3.05) is 11.1 Å². The van der Waals surface area contributed by atoms with Crippen LogP contribution in [0.1, 0.15) is 18.1 Å². The van der Waals surface area contributed by atoms with Crippen molar-refractivity contribution in [3.05, 3.63) is 58.6 Å². The molecular weight excluding hydrogens is 425 g/mol. The van der Waals surface area contributed by atoms with E-state index < -0.39 is 23.3 Å². The Morgan fingerprint density at radius 3 is 2.59 bits per heavy atom. The van der Waals surface area contributed by atoms with Crippen LogP contribution in [-0.2, 0) is 17.4 Å². The monoisotopic (exact) mass is 440 g/mol.